The molecule has 0 heterocycles. The Kier molecular flexibility index (Phi) is 4.29. The number of hydrogen-bond donors (Lipinski definition) is 1. The van der Waals surface area contributed by atoms with Gasteiger partial charge in [0.2, 0.25) is 5.91 Å². The smallest absolute Gasteiger partial charge is 0.239 e. The number of hydrogen-bond acceptors (Lipinski definition) is 2. The van der Waals surface area contributed by atoms with Gasteiger partial charge in [-0.25, -0.2) is 0 Å². The topological polar surface area (TPSA) is 46.3 Å². The van der Waals surface area contributed by atoms with Crippen LogP contribution in [-0.4, -0.2) is 23.9 Å². The summed E-state index contributed by atoms with van der Waals surface area (Å²) in [4.78, 5) is 13.6. The number of carbonyl (C=O) groups excluding carboxylic acids is 1. The monoisotopic (exact) mass is 234 g/mol. The molecule has 0 aliphatic carbocycles. The van der Waals surface area contributed by atoms with E-state index in [1.54, 1.807) is 18.9 Å². The van der Waals surface area contributed by atoms with Crippen molar-refractivity contribution in [3.05, 3.63) is 34.9 Å². The fourth-order valence-electron chi connectivity index (χ4n) is 1.93. The summed E-state index contributed by atoms with van der Waals surface area (Å²) in [6, 6.07) is 5.90. The summed E-state index contributed by atoms with van der Waals surface area (Å²) < 4.78 is 0. The van der Waals surface area contributed by atoms with Crippen LogP contribution in [0, 0.1) is 13.8 Å². The zero-order chi connectivity index (χ0) is 13.2. The summed E-state index contributed by atoms with van der Waals surface area (Å²) in [5.74, 6) is -0.0293. The lowest BCUT2D eigenvalue weighted by Crippen LogP contribution is -2.41. The van der Waals surface area contributed by atoms with Crippen molar-refractivity contribution in [2.45, 2.75) is 39.8 Å². The summed E-state index contributed by atoms with van der Waals surface area (Å²) in [7, 11) is 1.80. The second-order valence-corrected chi connectivity index (χ2v) is 4.77. The Hall–Kier alpha value is -1.35. The molecule has 0 fully saturated rings. The number of nitrogens with zero attached hydrogens (tertiary/aromatic N) is 1. The third-order valence-corrected chi connectivity index (χ3v) is 3.20. The van der Waals surface area contributed by atoms with Gasteiger partial charge in [0.05, 0.1) is 12.1 Å². The van der Waals surface area contributed by atoms with Gasteiger partial charge in [0.1, 0.15) is 0 Å². The molecule has 0 aromatic heterocycles. The zero-order valence-corrected chi connectivity index (χ0v) is 11.3. The molecule has 1 rings (SSSR count). The van der Waals surface area contributed by atoms with Crippen LogP contribution in [-0.2, 0) is 4.79 Å². The maximum Gasteiger partial charge on any atom is 0.239 e. The van der Waals surface area contributed by atoms with Crippen LogP contribution in [0.3, 0.4) is 0 Å². The Bertz CT molecular complexity index is 413. The number of nitrogens with two attached hydrogens (primary N) is 1. The van der Waals surface area contributed by atoms with Gasteiger partial charge >= 0.3 is 0 Å². The molecule has 1 aromatic carbocycles. The Morgan fingerprint density at radius 1 is 1.29 bits per heavy atom. The average molecular weight is 234 g/mol. The summed E-state index contributed by atoms with van der Waals surface area (Å²) in [5, 5.41) is 0. The minimum absolute atomic E-state index is 0.0293. The molecule has 3 nitrogen and oxygen atoms in total. The maximum atomic E-state index is 11.9. The zero-order valence-electron chi connectivity index (χ0n) is 11.3. The molecule has 3 heteroatoms. The van der Waals surface area contributed by atoms with Gasteiger partial charge in [-0.05, 0) is 38.8 Å². The van der Waals surface area contributed by atoms with Gasteiger partial charge in [-0.2, -0.15) is 0 Å². The molecular weight excluding hydrogens is 212 g/mol. The van der Waals surface area contributed by atoms with Crippen molar-refractivity contribution in [3.8, 4) is 0 Å². The van der Waals surface area contributed by atoms with Gasteiger partial charge in [-0.3, -0.25) is 4.79 Å². The van der Waals surface area contributed by atoms with Gasteiger partial charge in [0.15, 0.2) is 0 Å². The minimum Gasteiger partial charge on any atom is -0.338 e. The van der Waals surface area contributed by atoms with E-state index in [4.69, 9.17) is 5.73 Å². The number of benzene rings is 1. The molecule has 0 saturated heterocycles. The van der Waals surface area contributed by atoms with E-state index in [-0.39, 0.29) is 11.9 Å². The largest absolute Gasteiger partial charge is 0.338 e. The van der Waals surface area contributed by atoms with Crippen LogP contribution >= 0.6 is 0 Å². The summed E-state index contributed by atoms with van der Waals surface area (Å²) in [6.45, 7) is 7.87. The first-order valence-corrected chi connectivity index (χ1v) is 5.94. The van der Waals surface area contributed by atoms with E-state index in [0.29, 0.717) is 0 Å². The van der Waals surface area contributed by atoms with E-state index < -0.39 is 6.04 Å². The predicted molar refractivity (Wildman–Crippen MR) is 70.8 cm³/mol. The average Bonchev–Trinajstić information content (AvgIpc) is 2.29. The van der Waals surface area contributed by atoms with E-state index in [9.17, 15) is 4.79 Å². The van der Waals surface area contributed by atoms with Gasteiger partial charge in [-0.15, -0.1) is 0 Å². The van der Waals surface area contributed by atoms with Crippen molar-refractivity contribution >= 4 is 5.91 Å². The van der Waals surface area contributed by atoms with Crippen LogP contribution in [0.4, 0.5) is 0 Å². The van der Waals surface area contributed by atoms with E-state index in [1.807, 2.05) is 6.92 Å². The van der Waals surface area contributed by atoms with Crippen molar-refractivity contribution in [2.75, 3.05) is 7.05 Å². The number of aryl methyl sites for hydroxylation is 2. The quantitative estimate of drug-likeness (QED) is 0.871. The van der Waals surface area contributed by atoms with Crippen LogP contribution < -0.4 is 5.73 Å². The molecule has 94 valence electrons. The highest BCUT2D eigenvalue weighted by Gasteiger charge is 2.21. The number of carbonyl (C=O) groups is 1. The molecule has 0 saturated carbocycles. The van der Waals surface area contributed by atoms with Crippen LogP contribution in [0.1, 0.15) is 36.6 Å². The van der Waals surface area contributed by atoms with Crippen LogP contribution in [0.2, 0.25) is 0 Å². The van der Waals surface area contributed by atoms with Crippen LogP contribution in [0.25, 0.3) is 0 Å². The Morgan fingerprint density at radius 2 is 1.88 bits per heavy atom. The van der Waals surface area contributed by atoms with Crippen LogP contribution in [0.15, 0.2) is 18.2 Å². The first-order chi connectivity index (χ1) is 7.84. The van der Waals surface area contributed by atoms with E-state index in [2.05, 4.69) is 32.0 Å². The number of likely N-dealkylation sites (N-methyl/N-ethyl adjacent to an activating group) is 1. The SMILES string of the molecule is Cc1ccc(C)c(C(C)N(C)C(=O)[C@@H](C)N)c1. The Balaban J connectivity index is 2.99. The minimum atomic E-state index is -0.451. The predicted octanol–water partition coefficient (Wildman–Crippen LogP) is 2.17. The van der Waals surface area contributed by atoms with E-state index >= 15 is 0 Å². The molecular formula is C14H22N2O. The van der Waals surface area contributed by atoms with Gasteiger partial charge in [0.25, 0.3) is 0 Å². The third-order valence-electron chi connectivity index (χ3n) is 3.20. The molecule has 2 N–H and O–H groups in total. The molecule has 1 amide bonds. The molecule has 0 bridgehead atoms. The number of rotatable bonds is 3. The fraction of sp³-hybridized carbons (Fsp3) is 0.500. The maximum absolute atomic E-state index is 11.9. The number of amides is 1. The highest BCUT2D eigenvalue weighted by Crippen LogP contribution is 2.23. The van der Waals surface area contributed by atoms with E-state index in [1.165, 1.54) is 16.7 Å². The van der Waals surface area contributed by atoms with Crippen molar-refractivity contribution in [2.24, 2.45) is 5.73 Å². The second kappa shape index (κ2) is 5.32. The lowest BCUT2D eigenvalue weighted by Gasteiger charge is -2.28. The molecule has 0 aliphatic rings. The summed E-state index contributed by atoms with van der Waals surface area (Å²) >= 11 is 0. The van der Waals surface area contributed by atoms with Gasteiger partial charge in [-0.1, -0.05) is 23.8 Å². The first-order valence-electron chi connectivity index (χ1n) is 5.94. The normalized spacial score (nSPS) is 14.2. The Morgan fingerprint density at radius 3 is 2.41 bits per heavy atom. The highest BCUT2D eigenvalue weighted by atomic mass is 16.2. The van der Waals surface area contributed by atoms with Gasteiger partial charge in [0, 0.05) is 7.05 Å². The fourth-order valence-corrected chi connectivity index (χ4v) is 1.93. The molecule has 2 atom stereocenters. The molecule has 0 aliphatic heterocycles. The first kappa shape index (κ1) is 13.7. The second-order valence-electron chi connectivity index (χ2n) is 4.77. The van der Waals surface area contributed by atoms with Crippen molar-refractivity contribution in [1.29, 1.82) is 0 Å². The summed E-state index contributed by atoms with van der Waals surface area (Å²) in [6.07, 6.45) is 0. The standard InChI is InChI=1S/C14H22N2O/c1-9-6-7-10(2)13(8-9)12(4)16(5)14(17)11(3)15/h6-8,11-12H,15H2,1-5H3/t11-,12?/m1/s1. The molecule has 1 unspecified atom stereocenters. The van der Waals surface area contributed by atoms with Crippen molar-refractivity contribution in [3.63, 3.8) is 0 Å². The van der Waals surface area contributed by atoms with Gasteiger partial charge < -0.3 is 10.6 Å². The lowest BCUT2D eigenvalue weighted by molar-refractivity contribution is -0.132. The van der Waals surface area contributed by atoms with E-state index in [0.717, 1.165) is 0 Å². The molecule has 0 radical (unpaired) electrons. The van der Waals surface area contributed by atoms with Crippen molar-refractivity contribution in [1.82, 2.24) is 4.90 Å². The Labute approximate surface area is 104 Å². The van der Waals surface area contributed by atoms with Crippen LogP contribution in [0.5, 0.6) is 0 Å². The lowest BCUT2D eigenvalue weighted by atomic mass is 9.99. The third kappa shape index (κ3) is 3.07. The highest BCUT2D eigenvalue weighted by molar-refractivity contribution is 5.81. The molecule has 0 spiro atoms. The molecule has 17 heavy (non-hydrogen) atoms. The van der Waals surface area contributed by atoms with Crippen molar-refractivity contribution < 1.29 is 4.79 Å². The molecule has 1 aromatic rings. The summed E-state index contributed by atoms with van der Waals surface area (Å²) in [5.41, 5.74) is 9.22.